The summed E-state index contributed by atoms with van der Waals surface area (Å²) in [5.74, 6) is 0.0835. The van der Waals surface area contributed by atoms with E-state index in [0.29, 0.717) is 0 Å². The number of rotatable bonds is 2. The van der Waals surface area contributed by atoms with E-state index in [1.807, 2.05) is 0 Å². The van der Waals surface area contributed by atoms with Gasteiger partial charge in [-0.05, 0) is 0 Å². The van der Waals surface area contributed by atoms with Crippen molar-refractivity contribution < 1.29 is 19.1 Å². The molecule has 1 saturated heterocycles. The van der Waals surface area contributed by atoms with Gasteiger partial charge in [0.2, 0.25) is 0 Å². The van der Waals surface area contributed by atoms with E-state index in [-0.39, 0.29) is 17.0 Å². The maximum Gasteiger partial charge on any atom is 0.167 e. The molecule has 2 aromatic heterocycles. The molecular formula is C10H13N5O3. The van der Waals surface area contributed by atoms with Crippen LogP contribution in [0.5, 0.6) is 0 Å². The van der Waals surface area contributed by atoms with Crippen molar-refractivity contribution in [1.29, 1.82) is 0 Å². The lowest BCUT2D eigenvalue weighted by Crippen LogP contribution is -2.24. The lowest BCUT2D eigenvalue weighted by molar-refractivity contribution is -0.0432. The summed E-state index contributed by atoms with van der Waals surface area (Å²) in [5.41, 5.74) is 5.95. The Morgan fingerprint density at radius 1 is 1.61 bits per heavy atom. The number of fused-ring (bicyclic) bond motifs is 1. The summed E-state index contributed by atoms with van der Waals surface area (Å²) in [4.78, 5) is 11.6. The molecule has 18 heavy (non-hydrogen) atoms. The fraction of sp³-hybridized carbons (Fsp3) is 0.500. The fourth-order valence-corrected chi connectivity index (χ4v) is 1.73. The Kier molecular flexibility index (Phi) is 1.93. The summed E-state index contributed by atoms with van der Waals surface area (Å²) in [7, 11) is 0. The number of imidazole rings is 1. The monoisotopic (exact) mass is 254 g/mol. The van der Waals surface area contributed by atoms with Crippen LogP contribution in [-0.2, 0) is 4.74 Å². The predicted octanol–water partition coefficient (Wildman–Crippen LogP) is -0.951. The van der Waals surface area contributed by atoms with Crippen LogP contribution in [-0.4, -0.2) is 48.5 Å². The highest BCUT2D eigenvalue weighted by Crippen LogP contribution is 2.30. The number of aliphatic hydroxyl groups excluding tert-OH is 2. The number of aliphatic hydroxyl groups is 2. The van der Waals surface area contributed by atoms with E-state index < -0.39 is 31.4 Å². The number of nitrogen functional groups attached to an aromatic ring is 1. The van der Waals surface area contributed by atoms with Gasteiger partial charge in [-0.25, -0.2) is 15.0 Å². The van der Waals surface area contributed by atoms with E-state index in [0.717, 1.165) is 17.2 Å². The predicted molar refractivity (Wildman–Crippen MR) is 61.4 cm³/mol. The first-order chi connectivity index (χ1) is 9.83. The van der Waals surface area contributed by atoms with Crippen LogP contribution < -0.4 is 5.73 Å². The van der Waals surface area contributed by atoms with E-state index in [1.165, 1.54) is 0 Å². The van der Waals surface area contributed by atoms with Gasteiger partial charge < -0.3 is 20.7 Å². The fourth-order valence-electron chi connectivity index (χ4n) is 1.73. The maximum absolute atomic E-state index is 9.91. The third-order valence-electron chi connectivity index (χ3n) is 2.65. The van der Waals surface area contributed by atoms with E-state index in [1.54, 1.807) is 0 Å². The minimum Gasteiger partial charge on any atom is -0.394 e. The van der Waals surface area contributed by atoms with Gasteiger partial charge in [-0.1, -0.05) is 0 Å². The molecule has 1 fully saturated rings. The van der Waals surface area contributed by atoms with Gasteiger partial charge in [-0.15, -0.1) is 0 Å². The normalized spacial score (nSPS) is 37.3. The first-order valence-corrected chi connectivity index (χ1v) is 5.23. The van der Waals surface area contributed by atoms with Crippen molar-refractivity contribution in [2.45, 2.75) is 24.8 Å². The largest absolute Gasteiger partial charge is 0.394 e. The lowest BCUT2D eigenvalue weighted by atomic mass is 10.2. The molecule has 0 unspecified atom stereocenters. The van der Waals surface area contributed by atoms with Crippen molar-refractivity contribution >= 4 is 17.0 Å². The van der Waals surface area contributed by atoms with Crippen molar-refractivity contribution in [2.75, 3.05) is 12.3 Å². The SMILES string of the molecule is [2H]C1([2H])[C@H](O)[C@@H](CO)O[C@@]1([2H])n1cnc2c(N)ncnc21. The van der Waals surface area contributed by atoms with E-state index in [4.69, 9.17) is 19.7 Å². The third kappa shape index (κ3) is 1.62. The molecular weight excluding hydrogens is 238 g/mol. The van der Waals surface area contributed by atoms with Crippen LogP contribution in [0, 0.1) is 0 Å². The Morgan fingerprint density at radius 2 is 2.44 bits per heavy atom. The van der Waals surface area contributed by atoms with Crippen LogP contribution in [0.15, 0.2) is 12.7 Å². The Bertz CT molecular complexity index is 696. The zero-order valence-corrected chi connectivity index (χ0v) is 9.19. The van der Waals surface area contributed by atoms with Gasteiger partial charge in [0.05, 0.1) is 20.4 Å². The molecule has 8 heteroatoms. The summed E-state index contributed by atoms with van der Waals surface area (Å²) in [6, 6.07) is 0. The molecule has 1 aliphatic rings. The summed E-state index contributed by atoms with van der Waals surface area (Å²) in [6.45, 7) is -0.620. The van der Waals surface area contributed by atoms with Crippen molar-refractivity contribution in [3.8, 4) is 0 Å². The molecule has 96 valence electrons. The van der Waals surface area contributed by atoms with Gasteiger partial charge >= 0.3 is 0 Å². The van der Waals surface area contributed by atoms with Gasteiger partial charge in [0.1, 0.15) is 24.2 Å². The van der Waals surface area contributed by atoms with Crippen molar-refractivity contribution in [3.63, 3.8) is 0 Å². The highest BCUT2D eigenvalue weighted by molar-refractivity contribution is 5.81. The standard InChI is InChI=1S/C10H13N5O3/c11-9-8-10(13-3-12-9)15(4-14-8)7-1-5(17)6(2-16)18-7/h3-7,16-17H,1-2H2,(H2,11,12,13)/t5-,6+,7+/m0/s1/i1D2,7D. The number of ether oxygens (including phenoxy) is 1. The van der Waals surface area contributed by atoms with Crippen LogP contribution in [0.1, 0.15) is 16.7 Å². The topological polar surface area (TPSA) is 119 Å². The van der Waals surface area contributed by atoms with Crippen LogP contribution in [0.2, 0.25) is 0 Å². The molecule has 0 saturated carbocycles. The summed E-state index contributed by atoms with van der Waals surface area (Å²) < 4.78 is 30.5. The average molecular weight is 254 g/mol. The Labute approximate surface area is 106 Å². The second-order valence-electron chi connectivity index (χ2n) is 3.78. The minimum absolute atomic E-state index is 0.0835. The molecule has 3 heterocycles. The van der Waals surface area contributed by atoms with Crippen molar-refractivity contribution in [1.82, 2.24) is 19.5 Å². The van der Waals surface area contributed by atoms with Crippen LogP contribution in [0.4, 0.5) is 5.82 Å². The molecule has 2 aromatic rings. The number of nitrogens with zero attached hydrogens (tertiary/aromatic N) is 4. The Hall–Kier alpha value is -1.77. The van der Waals surface area contributed by atoms with Gasteiger partial charge in [-0.2, -0.15) is 0 Å². The molecule has 0 aromatic carbocycles. The molecule has 0 spiro atoms. The van der Waals surface area contributed by atoms with Gasteiger partial charge in [-0.3, -0.25) is 4.57 Å². The Morgan fingerprint density at radius 3 is 3.17 bits per heavy atom. The highest BCUT2D eigenvalue weighted by Gasteiger charge is 2.35. The van der Waals surface area contributed by atoms with E-state index in [2.05, 4.69) is 15.0 Å². The number of nitrogens with two attached hydrogens (primary N) is 1. The average Bonchev–Trinajstić information content (AvgIpc) is 2.95. The molecule has 4 N–H and O–H groups in total. The zero-order valence-electron chi connectivity index (χ0n) is 12.2. The number of anilines is 1. The minimum atomic E-state index is -2.49. The maximum atomic E-state index is 9.91. The molecule has 1 aliphatic heterocycles. The number of hydrogen-bond acceptors (Lipinski definition) is 7. The van der Waals surface area contributed by atoms with Crippen LogP contribution in [0.3, 0.4) is 0 Å². The third-order valence-corrected chi connectivity index (χ3v) is 2.65. The molecule has 0 amide bonds. The van der Waals surface area contributed by atoms with Crippen LogP contribution in [0.25, 0.3) is 11.2 Å². The summed E-state index contributed by atoms with van der Waals surface area (Å²) in [6.07, 6.45) is -5.43. The second kappa shape index (κ2) is 4.16. The second-order valence-corrected chi connectivity index (χ2v) is 3.78. The molecule has 0 radical (unpaired) electrons. The van der Waals surface area contributed by atoms with Gasteiger partial charge in [0.25, 0.3) is 0 Å². The summed E-state index contributed by atoms with van der Waals surface area (Å²) in [5, 5.41) is 19.1. The molecule has 0 bridgehead atoms. The van der Waals surface area contributed by atoms with Crippen LogP contribution >= 0.6 is 0 Å². The summed E-state index contributed by atoms with van der Waals surface area (Å²) >= 11 is 0. The van der Waals surface area contributed by atoms with E-state index in [9.17, 15) is 5.11 Å². The lowest BCUT2D eigenvalue weighted by Gasteiger charge is -2.13. The quantitative estimate of drug-likeness (QED) is 0.632. The molecule has 3 atom stereocenters. The van der Waals surface area contributed by atoms with Gasteiger partial charge in [0.15, 0.2) is 11.5 Å². The molecule has 8 nitrogen and oxygen atoms in total. The molecule has 0 aliphatic carbocycles. The first kappa shape index (κ1) is 8.35. The zero-order chi connectivity index (χ0) is 15.4. The van der Waals surface area contributed by atoms with E-state index >= 15 is 0 Å². The number of aromatic nitrogens is 4. The Balaban J connectivity index is 2.19. The van der Waals surface area contributed by atoms with Gasteiger partial charge in [0, 0.05) is 9.11 Å². The molecule has 3 rings (SSSR count). The van der Waals surface area contributed by atoms with Crippen molar-refractivity contribution in [3.05, 3.63) is 12.7 Å². The first-order valence-electron chi connectivity index (χ1n) is 6.73. The highest BCUT2D eigenvalue weighted by atomic mass is 16.5. The number of hydrogen-bond donors (Lipinski definition) is 3. The smallest absolute Gasteiger partial charge is 0.167 e. The van der Waals surface area contributed by atoms with Crippen molar-refractivity contribution in [2.24, 2.45) is 0 Å².